The van der Waals surface area contributed by atoms with Crippen LogP contribution in [0.2, 0.25) is 0 Å². The van der Waals surface area contributed by atoms with Gasteiger partial charge in [-0.2, -0.15) is 0 Å². The quantitative estimate of drug-likeness (QED) is 0.714. The first-order chi connectivity index (χ1) is 12.1. The summed E-state index contributed by atoms with van der Waals surface area (Å²) in [5, 5.41) is 0. The van der Waals surface area contributed by atoms with Gasteiger partial charge in [0, 0.05) is 17.0 Å². The normalized spacial score (nSPS) is 29.4. The zero-order chi connectivity index (χ0) is 17.8. The van der Waals surface area contributed by atoms with E-state index in [1.54, 1.807) is 0 Å². The fourth-order valence-corrected chi connectivity index (χ4v) is 3.19. The van der Waals surface area contributed by atoms with E-state index in [1.807, 2.05) is 30.3 Å². The van der Waals surface area contributed by atoms with E-state index in [0.717, 1.165) is 36.5 Å². The topological polar surface area (TPSA) is 40.0 Å². The molecule has 0 aromatic heterocycles. The minimum absolute atomic E-state index is 0.188. The van der Waals surface area contributed by atoms with Crippen molar-refractivity contribution in [1.29, 1.82) is 0 Å². The molecule has 1 aromatic rings. The van der Waals surface area contributed by atoms with Gasteiger partial charge in [-0.15, -0.1) is 6.58 Å². The molecule has 2 aliphatic heterocycles. The Morgan fingerprint density at radius 1 is 1.24 bits per heavy atom. The van der Waals surface area contributed by atoms with Crippen LogP contribution in [0.1, 0.15) is 51.0 Å². The second-order valence-corrected chi connectivity index (χ2v) is 7.31. The molecule has 2 aliphatic rings. The Balaban J connectivity index is 1.62. The molecule has 0 aliphatic carbocycles. The van der Waals surface area contributed by atoms with Gasteiger partial charge < -0.3 is 14.2 Å². The van der Waals surface area contributed by atoms with Crippen LogP contribution in [0.5, 0.6) is 0 Å². The Labute approximate surface area is 150 Å². The van der Waals surface area contributed by atoms with Gasteiger partial charge in [-0.05, 0) is 37.8 Å². The van der Waals surface area contributed by atoms with Crippen LogP contribution in [0.15, 0.2) is 41.9 Å². The second-order valence-electron chi connectivity index (χ2n) is 7.31. The highest BCUT2D eigenvalue weighted by molar-refractivity contribution is 5.95. The van der Waals surface area contributed by atoms with Crippen LogP contribution in [0.3, 0.4) is 0 Å². The monoisotopic (exact) mass is 343 g/mol. The number of benzene rings is 1. The first-order valence-corrected chi connectivity index (χ1v) is 9.27. The molecule has 0 unspecified atom stereocenters. The number of hydrogen-bond acceptors (Lipinski definition) is 4. The van der Waals surface area contributed by atoms with Crippen molar-refractivity contribution in [3.63, 3.8) is 0 Å². The highest BCUT2D eigenvalue weighted by atomic mass is 16.7. The van der Waals surface area contributed by atoms with Gasteiger partial charge in [0.1, 0.15) is 6.61 Å². The van der Waals surface area contributed by atoms with E-state index in [1.165, 1.54) is 0 Å². The Morgan fingerprint density at radius 3 is 2.60 bits per heavy atom. The summed E-state index contributed by atoms with van der Waals surface area (Å²) in [5.74, 6) is 1.67. The van der Waals surface area contributed by atoms with Gasteiger partial charge in [-0.25, -0.2) is 4.99 Å². The fourth-order valence-electron chi connectivity index (χ4n) is 3.19. The van der Waals surface area contributed by atoms with E-state index in [0.29, 0.717) is 18.4 Å². The number of hydrogen-bond donors (Lipinski definition) is 0. The van der Waals surface area contributed by atoms with Crippen molar-refractivity contribution in [3.05, 3.63) is 48.0 Å². The van der Waals surface area contributed by atoms with Crippen molar-refractivity contribution >= 4 is 5.90 Å². The summed E-state index contributed by atoms with van der Waals surface area (Å²) >= 11 is 0. The Bertz CT molecular complexity index is 608. The lowest BCUT2D eigenvalue weighted by molar-refractivity contribution is -0.237. The molecule has 1 aromatic carbocycles. The molecule has 1 saturated heterocycles. The molecular weight excluding hydrogens is 314 g/mol. The minimum atomic E-state index is -0.293. The molecule has 0 radical (unpaired) electrons. The predicted molar refractivity (Wildman–Crippen MR) is 99.7 cm³/mol. The molecule has 0 amide bonds. The highest BCUT2D eigenvalue weighted by Crippen LogP contribution is 2.31. The third kappa shape index (κ3) is 4.31. The number of aliphatic imine (C=N–C) groups is 1. The Kier molecular flexibility index (Phi) is 5.92. The summed E-state index contributed by atoms with van der Waals surface area (Å²) in [7, 11) is 0. The lowest BCUT2D eigenvalue weighted by Gasteiger charge is -2.35. The van der Waals surface area contributed by atoms with Crippen LogP contribution in [-0.2, 0) is 14.2 Å². The van der Waals surface area contributed by atoms with Gasteiger partial charge in [-0.1, -0.05) is 32.1 Å². The number of ether oxygens (including phenoxy) is 3. The zero-order valence-electron chi connectivity index (χ0n) is 15.5. The van der Waals surface area contributed by atoms with Gasteiger partial charge in [-0.3, -0.25) is 0 Å². The smallest absolute Gasteiger partial charge is 0.216 e. The number of nitrogens with zero attached hydrogens (tertiary/aromatic N) is 1. The fraction of sp³-hybridized carbons (Fsp3) is 0.571. The number of allylic oxidation sites excluding steroid dienone is 1. The summed E-state index contributed by atoms with van der Waals surface area (Å²) in [6.45, 7) is 11.7. The molecule has 136 valence electrons. The van der Waals surface area contributed by atoms with Crippen LogP contribution in [0.4, 0.5) is 0 Å². The van der Waals surface area contributed by atoms with E-state index in [9.17, 15) is 0 Å². The lowest BCUT2D eigenvalue weighted by atomic mass is 9.97. The van der Waals surface area contributed by atoms with Gasteiger partial charge in [0.15, 0.2) is 6.29 Å². The van der Waals surface area contributed by atoms with Gasteiger partial charge >= 0.3 is 0 Å². The highest BCUT2D eigenvalue weighted by Gasteiger charge is 2.29. The van der Waals surface area contributed by atoms with Crippen molar-refractivity contribution in [2.75, 3.05) is 13.2 Å². The summed E-state index contributed by atoms with van der Waals surface area (Å²) in [6.07, 6.45) is 3.91. The minimum Gasteiger partial charge on any atom is -0.475 e. The first-order valence-electron chi connectivity index (χ1n) is 9.27. The van der Waals surface area contributed by atoms with Crippen molar-refractivity contribution < 1.29 is 14.2 Å². The van der Waals surface area contributed by atoms with E-state index in [2.05, 4.69) is 32.3 Å². The maximum atomic E-state index is 6.08. The largest absolute Gasteiger partial charge is 0.475 e. The molecule has 4 heteroatoms. The van der Waals surface area contributed by atoms with Crippen LogP contribution >= 0.6 is 0 Å². The molecule has 3 rings (SSSR count). The zero-order valence-corrected chi connectivity index (χ0v) is 15.5. The maximum Gasteiger partial charge on any atom is 0.216 e. The second kappa shape index (κ2) is 8.15. The van der Waals surface area contributed by atoms with Crippen molar-refractivity contribution in [3.8, 4) is 0 Å². The van der Waals surface area contributed by atoms with Crippen LogP contribution in [-0.4, -0.2) is 31.3 Å². The van der Waals surface area contributed by atoms with E-state index < -0.39 is 0 Å². The maximum absolute atomic E-state index is 6.08. The van der Waals surface area contributed by atoms with Crippen LogP contribution in [0.25, 0.3) is 0 Å². The summed E-state index contributed by atoms with van der Waals surface area (Å²) in [6, 6.07) is 8.43. The molecular formula is C21H29NO3. The third-order valence-electron chi connectivity index (χ3n) is 5.08. The Morgan fingerprint density at radius 2 is 2.00 bits per heavy atom. The SMILES string of the molecule is C=CCC[C@H]1CO[C@H](c2ccc(C3=N[C@H](C(C)C)CO3)cc2)O[C@@H]1C. The Hall–Kier alpha value is -1.65. The summed E-state index contributed by atoms with van der Waals surface area (Å²) in [5.41, 5.74) is 2.05. The first kappa shape index (κ1) is 18.2. The standard InChI is InChI=1S/C21H29NO3/c1-5-6-7-18-12-24-21(25-15(18)4)17-10-8-16(9-11-17)20-22-19(13-23-20)14(2)3/h5,8-11,14-15,18-19,21H,1,6-7,12-13H2,2-4H3/t15-,18+,19+,21+/m1/s1. The molecule has 0 N–H and O–H groups in total. The van der Waals surface area contributed by atoms with Crippen molar-refractivity contribution in [1.82, 2.24) is 0 Å². The lowest BCUT2D eigenvalue weighted by Crippen LogP contribution is -2.34. The predicted octanol–water partition coefficient (Wildman–Crippen LogP) is 4.50. The van der Waals surface area contributed by atoms with E-state index >= 15 is 0 Å². The van der Waals surface area contributed by atoms with Crippen LogP contribution in [0, 0.1) is 11.8 Å². The van der Waals surface area contributed by atoms with Crippen LogP contribution < -0.4 is 0 Å². The molecule has 2 heterocycles. The van der Waals surface area contributed by atoms with Gasteiger partial charge in [0.05, 0.1) is 18.8 Å². The van der Waals surface area contributed by atoms with Gasteiger partial charge in [0.25, 0.3) is 0 Å². The molecule has 25 heavy (non-hydrogen) atoms. The average Bonchev–Trinajstić information content (AvgIpc) is 3.11. The third-order valence-corrected chi connectivity index (χ3v) is 5.08. The molecule has 4 atom stereocenters. The van der Waals surface area contributed by atoms with Crippen molar-refractivity contribution in [2.24, 2.45) is 16.8 Å². The van der Waals surface area contributed by atoms with E-state index in [4.69, 9.17) is 14.2 Å². The molecule has 4 nitrogen and oxygen atoms in total. The van der Waals surface area contributed by atoms with E-state index in [-0.39, 0.29) is 18.4 Å². The van der Waals surface area contributed by atoms with Gasteiger partial charge in [0.2, 0.25) is 5.90 Å². The summed E-state index contributed by atoms with van der Waals surface area (Å²) in [4.78, 5) is 4.67. The molecule has 0 bridgehead atoms. The molecule has 0 saturated carbocycles. The molecule has 1 fully saturated rings. The molecule has 0 spiro atoms. The number of rotatable bonds is 6. The van der Waals surface area contributed by atoms with Crippen molar-refractivity contribution in [2.45, 2.75) is 52.0 Å². The summed E-state index contributed by atoms with van der Waals surface area (Å²) < 4.78 is 17.8. The average molecular weight is 343 g/mol.